The minimum atomic E-state index is -1.21. The fraction of sp³-hybridized carbons (Fsp3) is 0.320. The van der Waals surface area contributed by atoms with Gasteiger partial charge in [0.15, 0.2) is 0 Å². The van der Waals surface area contributed by atoms with Crippen molar-refractivity contribution in [2.45, 2.75) is 25.4 Å². The Morgan fingerprint density at radius 3 is 2.22 bits per heavy atom. The van der Waals surface area contributed by atoms with E-state index in [0.717, 1.165) is 4.90 Å². The van der Waals surface area contributed by atoms with E-state index in [2.05, 4.69) is 0 Å². The highest BCUT2D eigenvalue weighted by Gasteiger charge is 2.47. The Kier molecular flexibility index (Phi) is 8.06. The molecule has 1 fully saturated rings. The van der Waals surface area contributed by atoms with Crippen LogP contribution in [0.2, 0.25) is 15.1 Å². The Morgan fingerprint density at radius 1 is 0.946 bits per heavy atom. The lowest BCUT2D eigenvalue weighted by molar-refractivity contribution is -0.137. The van der Waals surface area contributed by atoms with E-state index >= 15 is 0 Å². The molecule has 0 spiro atoms. The molecule has 9 nitrogen and oxygen atoms in total. The second kappa shape index (κ2) is 11.1. The van der Waals surface area contributed by atoms with Gasteiger partial charge in [-0.25, -0.2) is 9.59 Å². The molecule has 0 aliphatic carbocycles. The molecule has 2 aliphatic heterocycles. The van der Waals surface area contributed by atoms with E-state index in [0.29, 0.717) is 37.7 Å². The third-order valence-electron chi connectivity index (χ3n) is 6.34. The summed E-state index contributed by atoms with van der Waals surface area (Å²) in [5, 5.41) is 20.7. The lowest BCUT2D eigenvalue weighted by Gasteiger charge is -2.49. The van der Waals surface area contributed by atoms with E-state index in [1.165, 1.54) is 24.0 Å². The number of carboxylic acids is 1. The average Bonchev–Trinajstić information content (AvgIpc) is 2.83. The molecule has 2 aromatic carbocycles. The number of carbonyl (C=O) groups excluding carboxylic acids is 1. The molecular formula is C25H23Cl3N2O7. The van der Waals surface area contributed by atoms with Crippen LogP contribution in [0.4, 0.5) is 4.79 Å². The molecule has 37 heavy (non-hydrogen) atoms. The van der Waals surface area contributed by atoms with Crippen molar-refractivity contribution in [2.24, 2.45) is 0 Å². The molecule has 1 saturated heterocycles. The van der Waals surface area contributed by atoms with Gasteiger partial charge >= 0.3 is 12.1 Å². The molecule has 2 unspecified atom stereocenters. The fourth-order valence-corrected chi connectivity index (χ4v) is 5.27. The maximum absolute atomic E-state index is 12.3. The Morgan fingerprint density at radius 2 is 1.59 bits per heavy atom. The topological polar surface area (TPSA) is 117 Å². The summed E-state index contributed by atoms with van der Waals surface area (Å²) >= 11 is 18.0. The van der Waals surface area contributed by atoms with Crippen LogP contribution in [-0.2, 0) is 9.59 Å². The highest BCUT2D eigenvalue weighted by atomic mass is 35.5. The molecule has 2 bridgehead atoms. The molecule has 4 rings (SSSR count). The van der Waals surface area contributed by atoms with Gasteiger partial charge in [-0.3, -0.25) is 9.69 Å². The number of fused-ring (bicyclic) bond motifs is 2. The zero-order valence-corrected chi connectivity index (χ0v) is 21.9. The highest BCUT2D eigenvalue weighted by Crippen LogP contribution is 2.39. The van der Waals surface area contributed by atoms with Gasteiger partial charge in [0.1, 0.15) is 24.7 Å². The predicted molar refractivity (Wildman–Crippen MR) is 138 cm³/mol. The van der Waals surface area contributed by atoms with Gasteiger partial charge in [-0.2, -0.15) is 0 Å². The molecule has 2 aliphatic rings. The molecule has 0 radical (unpaired) electrons. The summed E-state index contributed by atoms with van der Waals surface area (Å²) in [6, 6.07) is 8.40. The van der Waals surface area contributed by atoms with Crippen molar-refractivity contribution in [3.8, 4) is 11.5 Å². The van der Waals surface area contributed by atoms with E-state index in [9.17, 15) is 24.6 Å². The monoisotopic (exact) mass is 568 g/mol. The third kappa shape index (κ3) is 5.74. The van der Waals surface area contributed by atoms with Crippen molar-refractivity contribution < 1.29 is 34.1 Å². The van der Waals surface area contributed by atoms with Crippen molar-refractivity contribution >= 4 is 58.3 Å². The summed E-state index contributed by atoms with van der Waals surface area (Å²) in [5.74, 6) is -0.519. The van der Waals surface area contributed by atoms with Crippen LogP contribution in [0.3, 0.4) is 0 Å². The van der Waals surface area contributed by atoms with Crippen molar-refractivity contribution in [3.05, 3.63) is 62.6 Å². The van der Waals surface area contributed by atoms with Crippen LogP contribution in [0, 0.1) is 0 Å². The van der Waals surface area contributed by atoms with Gasteiger partial charge in [0.25, 0.3) is 0 Å². The Bertz CT molecular complexity index is 1270. The number of halogens is 3. The zero-order chi connectivity index (χ0) is 26.9. The number of amides is 2. The predicted octanol–water partition coefficient (Wildman–Crippen LogP) is 4.93. The smallest absolute Gasteiger partial charge is 0.408 e. The Hall–Kier alpha value is -3.14. The van der Waals surface area contributed by atoms with E-state index in [1.54, 1.807) is 24.3 Å². The van der Waals surface area contributed by atoms with Crippen molar-refractivity contribution in [2.75, 3.05) is 26.3 Å². The van der Waals surface area contributed by atoms with Crippen molar-refractivity contribution in [1.82, 2.24) is 9.80 Å². The minimum Gasteiger partial charge on any atom is -0.490 e. The van der Waals surface area contributed by atoms with Crippen LogP contribution in [0.15, 0.2) is 42.0 Å². The number of carboxylic acid groups (broad SMARTS) is 2. The number of benzene rings is 2. The van der Waals surface area contributed by atoms with Gasteiger partial charge < -0.3 is 24.6 Å². The van der Waals surface area contributed by atoms with Gasteiger partial charge in [0, 0.05) is 26.1 Å². The number of carbonyl (C=O) groups is 3. The second-order valence-electron chi connectivity index (χ2n) is 8.60. The molecule has 2 heterocycles. The third-order valence-corrected chi connectivity index (χ3v) is 7.35. The minimum absolute atomic E-state index is 0.00664. The lowest BCUT2D eigenvalue weighted by atomic mass is 9.82. The summed E-state index contributed by atoms with van der Waals surface area (Å²) in [4.78, 5) is 38.8. The quantitative estimate of drug-likeness (QED) is 0.359. The number of rotatable bonds is 7. The largest absolute Gasteiger partial charge is 0.490 e. The highest BCUT2D eigenvalue weighted by molar-refractivity contribution is 6.43. The molecular weight excluding hydrogens is 547 g/mol. The van der Waals surface area contributed by atoms with Crippen molar-refractivity contribution in [3.63, 3.8) is 0 Å². The molecule has 2 amide bonds. The van der Waals surface area contributed by atoms with Gasteiger partial charge in [-0.05, 0) is 35.8 Å². The maximum atomic E-state index is 12.3. The lowest BCUT2D eigenvalue weighted by Crippen LogP contribution is -2.64. The van der Waals surface area contributed by atoms with Crippen LogP contribution in [0.25, 0.3) is 5.57 Å². The summed E-state index contributed by atoms with van der Waals surface area (Å²) < 4.78 is 11.3. The molecule has 0 saturated carbocycles. The Balaban J connectivity index is 1.48. The number of piperazine rings is 1. The van der Waals surface area contributed by atoms with Crippen LogP contribution >= 0.6 is 34.8 Å². The zero-order valence-electron chi connectivity index (χ0n) is 19.6. The van der Waals surface area contributed by atoms with Gasteiger partial charge in [-0.15, -0.1) is 0 Å². The first kappa shape index (κ1) is 26.9. The maximum Gasteiger partial charge on any atom is 0.408 e. The molecule has 2 aromatic rings. The molecule has 2 N–H and O–H groups in total. The van der Waals surface area contributed by atoms with E-state index in [4.69, 9.17) is 44.3 Å². The summed E-state index contributed by atoms with van der Waals surface area (Å²) in [7, 11) is 0. The molecule has 12 heteroatoms. The summed E-state index contributed by atoms with van der Waals surface area (Å²) in [5.41, 5.74) is 1.18. The van der Waals surface area contributed by atoms with Gasteiger partial charge in [-0.1, -0.05) is 46.9 Å². The van der Waals surface area contributed by atoms with Crippen LogP contribution in [-0.4, -0.2) is 76.4 Å². The Labute approximate surface area is 227 Å². The van der Waals surface area contributed by atoms with E-state index in [-0.39, 0.29) is 44.2 Å². The number of ether oxygens (including phenoxy) is 2. The normalized spacial score (nSPS) is 19.0. The first-order chi connectivity index (χ1) is 17.6. The van der Waals surface area contributed by atoms with Crippen LogP contribution in [0.5, 0.6) is 11.5 Å². The average molecular weight is 570 g/mol. The fourth-order valence-electron chi connectivity index (χ4n) is 4.68. The molecule has 2 atom stereocenters. The summed E-state index contributed by atoms with van der Waals surface area (Å²) in [6.07, 6.45) is -1.03. The first-order valence-corrected chi connectivity index (χ1v) is 12.4. The van der Waals surface area contributed by atoms with Crippen molar-refractivity contribution in [1.29, 1.82) is 0 Å². The van der Waals surface area contributed by atoms with E-state index < -0.39 is 24.1 Å². The summed E-state index contributed by atoms with van der Waals surface area (Å²) in [6.45, 7) is 1.98. The number of nitrogens with zero attached hydrogens (tertiary/aromatic N) is 2. The second-order valence-corrected chi connectivity index (χ2v) is 9.82. The van der Waals surface area contributed by atoms with E-state index in [1.807, 2.05) is 0 Å². The SMILES string of the molecule is CC(=O)N1CC2CC(c3ccc(OCCOc4cc(Cl)c(Cl)cc4Cl)cc3)=C(C(=O)O)C(C1)N2C(=O)O. The number of hydrogen-bond acceptors (Lipinski definition) is 5. The van der Waals surface area contributed by atoms with Gasteiger partial charge in [0.05, 0.1) is 32.7 Å². The number of aliphatic carboxylic acids is 1. The number of hydrogen-bond donors (Lipinski definition) is 2. The molecule has 196 valence electrons. The standard InChI is InChI=1S/C25H23Cl3N2O7/c1-13(31)29-11-15-8-17(23(24(32)33)21(12-29)30(15)25(34)35)14-2-4-16(5-3-14)36-6-7-37-22-10-19(27)18(26)9-20(22)28/h2-5,9-10,15,21H,6-8,11-12H2,1H3,(H,32,33)(H,34,35). The van der Waals surface area contributed by atoms with Crippen LogP contribution < -0.4 is 9.47 Å². The first-order valence-electron chi connectivity index (χ1n) is 11.3. The van der Waals surface area contributed by atoms with Crippen LogP contribution in [0.1, 0.15) is 18.9 Å². The molecule has 0 aromatic heterocycles. The van der Waals surface area contributed by atoms with Gasteiger partial charge in [0.2, 0.25) is 5.91 Å².